The summed E-state index contributed by atoms with van der Waals surface area (Å²) < 4.78 is 14.6. The predicted octanol–water partition coefficient (Wildman–Crippen LogP) is 3.32. The van der Waals surface area contributed by atoms with E-state index in [-0.39, 0.29) is 11.7 Å². The van der Waals surface area contributed by atoms with Gasteiger partial charge in [0.2, 0.25) is 0 Å². The maximum Gasteiger partial charge on any atom is 0.255 e. The summed E-state index contributed by atoms with van der Waals surface area (Å²) in [7, 11) is 0. The van der Waals surface area contributed by atoms with E-state index in [0.29, 0.717) is 17.8 Å². The Bertz CT molecular complexity index is 766. The van der Waals surface area contributed by atoms with Crippen molar-refractivity contribution < 1.29 is 9.18 Å². The Morgan fingerprint density at radius 1 is 1.09 bits per heavy atom. The third-order valence-corrected chi connectivity index (χ3v) is 3.18. The summed E-state index contributed by atoms with van der Waals surface area (Å²) in [5.74, 6) is -0.661. The molecule has 0 radical (unpaired) electrons. The molecule has 0 aliphatic heterocycles. The molecule has 0 spiro atoms. The number of hydrogen-bond acceptors (Lipinski definition) is 2. The van der Waals surface area contributed by atoms with Crippen molar-refractivity contribution >= 4 is 11.6 Å². The molecule has 2 aromatic carbocycles. The number of rotatable bonds is 4. The maximum absolute atomic E-state index is 12.8. The summed E-state index contributed by atoms with van der Waals surface area (Å²) in [6.45, 7) is 0.632. The second-order valence-corrected chi connectivity index (χ2v) is 4.87. The molecule has 0 fully saturated rings. The van der Waals surface area contributed by atoms with Crippen LogP contribution in [-0.4, -0.2) is 15.7 Å². The van der Waals surface area contributed by atoms with E-state index in [1.807, 2.05) is 30.3 Å². The van der Waals surface area contributed by atoms with Crippen LogP contribution in [0.15, 0.2) is 67.0 Å². The number of hydrogen-bond donors (Lipinski definition) is 1. The molecule has 0 bridgehead atoms. The highest BCUT2D eigenvalue weighted by Crippen LogP contribution is 2.10. The number of anilines is 1. The zero-order chi connectivity index (χ0) is 15.4. The van der Waals surface area contributed by atoms with Crippen LogP contribution in [0.3, 0.4) is 0 Å². The van der Waals surface area contributed by atoms with Crippen molar-refractivity contribution in [2.45, 2.75) is 6.54 Å². The number of aromatic nitrogens is 2. The van der Waals surface area contributed by atoms with Gasteiger partial charge in [0.25, 0.3) is 5.91 Å². The van der Waals surface area contributed by atoms with E-state index in [1.54, 1.807) is 17.1 Å². The molecule has 0 aliphatic rings. The highest BCUT2D eigenvalue weighted by atomic mass is 19.1. The Kier molecular flexibility index (Phi) is 3.96. The van der Waals surface area contributed by atoms with Gasteiger partial charge in [-0.2, -0.15) is 5.10 Å². The zero-order valence-corrected chi connectivity index (χ0v) is 11.7. The number of carbonyl (C=O) groups excluding carboxylic acids is 1. The molecule has 0 aliphatic carbocycles. The van der Waals surface area contributed by atoms with Gasteiger partial charge >= 0.3 is 0 Å². The van der Waals surface area contributed by atoms with Crippen molar-refractivity contribution in [3.63, 3.8) is 0 Å². The molecule has 3 rings (SSSR count). The van der Waals surface area contributed by atoms with Crippen LogP contribution in [0.2, 0.25) is 0 Å². The van der Waals surface area contributed by atoms with Gasteiger partial charge in [-0.05, 0) is 29.8 Å². The van der Waals surface area contributed by atoms with E-state index in [1.165, 1.54) is 24.3 Å². The van der Waals surface area contributed by atoms with Crippen LogP contribution in [0.4, 0.5) is 10.1 Å². The fraction of sp³-hybridized carbons (Fsp3) is 0.0588. The molecule has 0 unspecified atom stereocenters. The molecule has 22 heavy (non-hydrogen) atoms. The Morgan fingerprint density at radius 2 is 1.82 bits per heavy atom. The first kappa shape index (κ1) is 14.0. The summed E-state index contributed by atoms with van der Waals surface area (Å²) in [4.78, 5) is 12.0. The molecule has 0 saturated heterocycles. The van der Waals surface area contributed by atoms with Crippen LogP contribution in [0.1, 0.15) is 15.9 Å². The molecular formula is C17H14FN3O. The van der Waals surface area contributed by atoms with Crippen molar-refractivity contribution in [3.05, 3.63) is 83.9 Å². The van der Waals surface area contributed by atoms with E-state index in [0.717, 1.165) is 5.56 Å². The fourth-order valence-corrected chi connectivity index (χ4v) is 2.09. The van der Waals surface area contributed by atoms with Crippen molar-refractivity contribution in [1.82, 2.24) is 9.78 Å². The third-order valence-electron chi connectivity index (χ3n) is 3.18. The molecule has 3 aromatic rings. The minimum absolute atomic E-state index is 0.292. The van der Waals surface area contributed by atoms with Crippen molar-refractivity contribution in [1.29, 1.82) is 0 Å². The molecule has 0 atom stereocenters. The Balaban J connectivity index is 1.66. The van der Waals surface area contributed by atoms with Gasteiger partial charge in [0.15, 0.2) is 0 Å². The van der Waals surface area contributed by atoms with Gasteiger partial charge in [0, 0.05) is 11.8 Å². The van der Waals surface area contributed by atoms with Crippen LogP contribution in [0, 0.1) is 5.82 Å². The molecule has 1 heterocycles. The summed E-state index contributed by atoms with van der Waals surface area (Å²) in [6.07, 6.45) is 3.35. The lowest BCUT2D eigenvalue weighted by atomic mass is 10.2. The highest BCUT2D eigenvalue weighted by Gasteiger charge is 2.07. The van der Waals surface area contributed by atoms with Crippen LogP contribution in [0.25, 0.3) is 0 Å². The topological polar surface area (TPSA) is 46.9 Å². The van der Waals surface area contributed by atoms with Crippen molar-refractivity contribution in [2.24, 2.45) is 0 Å². The summed E-state index contributed by atoms with van der Waals surface area (Å²) >= 11 is 0. The minimum Gasteiger partial charge on any atom is -0.319 e. The predicted molar refractivity (Wildman–Crippen MR) is 82.1 cm³/mol. The van der Waals surface area contributed by atoms with E-state index in [4.69, 9.17) is 0 Å². The molecule has 110 valence electrons. The van der Waals surface area contributed by atoms with Gasteiger partial charge in [0.05, 0.1) is 18.4 Å². The van der Waals surface area contributed by atoms with Gasteiger partial charge in [-0.15, -0.1) is 0 Å². The molecule has 1 aromatic heterocycles. The molecule has 5 heteroatoms. The average molecular weight is 295 g/mol. The average Bonchev–Trinajstić information content (AvgIpc) is 2.96. The SMILES string of the molecule is O=C(Nc1cnn(Cc2ccccc2)c1)c1ccc(F)cc1. The van der Waals surface area contributed by atoms with Crippen molar-refractivity contribution in [2.75, 3.05) is 5.32 Å². The number of nitrogens with one attached hydrogen (secondary N) is 1. The number of benzene rings is 2. The smallest absolute Gasteiger partial charge is 0.255 e. The lowest BCUT2D eigenvalue weighted by molar-refractivity contribution is 0.102. The summed E-state index contributed by atoms with van der Waals surface area (Å²) in [6, 6.07) is 15.3. The van der Waals surface area contributed by atoms with Gasteiger partial charge in [0.1, 0.15) is 5.82 Å². The Labute approximate surface area is 127 Å². The third kappa shape index (κ3) is 3.38. The largest absolute Gasteiger partial charge is 0.319 e. The van der Waals surface area contributed by atoms with Gasteiger partial charge < -0.3 is 5.32 Å². The Hall–Kier alpha value is -2.95. The number of halogens is 1. The monoisotopic (exact) mass is 295 g/mol. The first-order chi connectivity index (χ1) is 10.7. The zero-order valence-electron chi connectivity index (χ0n) is 11.7. The Morgan fingerprint density at radius 3 is 2.55 bits per heavy atom. The number of amides is 1. The molecule has 1 N–H and O–H groups in total. The van der Waals surface area contributed by atoms with E-state index in [9.17, 15) is 9.18 Å². The van der Waals surface area contributed by atoms with E-state index >= 15 is 0 Å². The standard InChI is InChI=1S/C17H14FN3O/c18-15-8-6-14(7-9-15)17(22)20-16-10-19-21(12-16)11-13-4-2-1-3-5-13/h1-10,12H,11H2,(H,20,22). The van der Waals surface area contributed by atoms with Crippen LogP contribution < -0.4 is 5.32 Å². The maximum atomic E-state index is 12.8. The van der Waals surface area contributed by atoms with Gasteiger partial charge in [-0.25, -0.2) is 4.39 Å². The van der Waals surface area contributed by atoms with Crippen LogP contribution in [0.5, 0.6) is 0 Å². The molecular weight excluding hydrogens is 281 g/mol. The number of carbonyl (C=O) groups is 1. The van der Waals surface area contributed by atoms with Crippen LogP contribution >= 0.6 is 0 Å². The number of nitrogens with zero attached hydrogens (tertiary/aromatic N) is 2. The van der Waals surface area contributed by atoms with Gasteiger partial charge in [-0.1, -0.05) is 30.3 Å². The van der Waals surface area contributed by atoms with E-state index < -0.39 is 0 Å². The normalized spacial score (nSPS) is 10.4. The molecule has 4 nitrogen and oxygen atoms in total. The quantitative estimate of drug-likeness (QED) is 0.802. The second-order valence-electron chi connectivity index (χ2n) is 4.87. The molecule has 1 amide bonds. The van der Waals surface area contributed by atoms with Gasteiger partial charge in [-0.3, -0.25) is 9.48 Å². The minimum atomic E-state index is -0.368. The lowest BCUT2D eigenvalue weighted by Gasteiger charge is -2.03. The summed E-state index contributed by atoms with van der Waals surface area (Å²) in [5.41, 5.74) is 2.13. The second kappa shape index (κ2) is 6.22. The van der Waals surface area contributed by atoms with Crippen LogP contribution in [-0.2, 0) is 6.54 Å². The molecule has 0 saturated carbocycles. The first-order valence-corrected chi connectivity index (χ1v) is 6.84. The fourth-order valence-electron chi connectivity index (χ4n) is 2.09. The van der Waals surface area contributed by atoms with E-state index in [2.05, 4.69) is 10.4 Å². The summed E-state index contributed by atoms with van der Waals surface area (Å²) in [5, 5.41) is 6.95. The lowest BCUT2D eigenvalue weighted by Crippen LogP contribution is -2.11. The first-order valence-electron chi connectivity index (χ1n) is 6.84. The van der Waals surface area contributed by atoms with Crippen molar-refractivity contribution in [3.8, 4) is 0 Å². The highest BCUT2D eigenvalue weighted by molar-refractivity contribution is 6.04.